The van der Waals surface area contributed by atoms with Crippen molar-refractivity contribution in [3.05, 3.63) is 11.6 Å². The molecule has 0 bridgehead atoms. The fourth-order valence-electron chi connectivity index (χ4n) is 13.0. The first kappa shape index (κ1) is 45.7. The maximum Gasteiger partial charge on any atom is 0.187 e. The maximum absolute atomic E-state index is 12.5. The van der Waals surface area contributed by atoms with Crippen molar-refractivity contribution in [3.8, 4) is 0 Å². The van der Waals surface area contributed by atoms with E-state index in [0.717, 1.165) is 25.7 Å². The minimum Gasteiger partial charge on any atom is -0.396 e. The van der Waals surface area contributed by atoms with Crippen LogP contribution in [0.5, 0.6) is 0 Å². The fraction of sp³-hybridized carbons (Fsp3) is 0.953. The second-order valence-electron chi connectivity index (χ2n) is 20.5. The third kappa shape index (κ3) is 7.61. The Hall–Kier alpha value is -0.820. The minimum absolute atomic E-state index is 0.0688. The molecule has 0 amide bonds. The lowest BCUT2D eigenvalue weighted by molar-refractivity contribution is -0.322. The van der Waals surface area contributed by atoms with Crippen LogP contribution in [-0.2, 0) is 18.9 Å². The average Bonchev–Trinajstić information content (AvgIpc) is 3.41. The van der Waals surface area contributed by atoms with Gasteiger partial charge in [-0.2, -0.15) is 0 Å². The summed E-state index contributed by atoms with van der Waals surface area (Å²) >= 11 is 0. The SMILES string of the molecule is C[C@H](CC[C@@H](O[C@@H]1O[C@H](CO)[C@@H](O)[C@H](O)[C@H]1O)C(C)(C)O)C1CC[C@@]2(C)C3CC=C4C(CC[C@H](O[C@@H]5O[C@H](CCO)[C@@H](O)[C@H](O)[C@H]5O)C4(C)C)[C@]3(C)[C@H](O)C[C@]12C. The second-order valence-corrected chi connectivity index (χ2v) is 20.5. The maximum atomic E-state index is 12.5. The molecule has 3 saturated carbocycles. The van der Waals surface area contributed by atoms with Crippen molar-refractivity contribution in [3.63, 3.8) is 0 Å². The summed E-state index contributed by atoms with van der Waals surface area (Å²) in [5.41, 5.74) is -1.20. The molecule has 5 fully saturated rings. The summed E-state index contributed by atoms with van der Waals surface area (Å²) in [6, 6.07) is 0. The van der Waals surface area contributed by atoms with E-state index < -0.39 is 96.7 Å². The molecular weight excluding hydrogens is 740 g/mol. The van der Waals surface area contributed by atoms with Crippen LogP contribution in [0.3, 0.4) is 0 Å². The van der Waals surface area contributed by atoms with Crippen molar-refractivity contribution < 1.29 is 70.0 Å². The van der Waals surface area contributed by atoms with E-state index in [-0.39, 0.29) is 53.6 Å². The highest BCUT2D eigenvalue weighted by atomic mass is 16.7. The molecule has 2 aliphatic heterocycles. The van der Waals surface area contributed by atoms with Gasteiger partial charge in [-0.15, -0.1) is 0 Å². The number of hydrogen-bond donors (Lipinski definition) is 10. The molecule has 20 atom stereocenters. The highest BCUT2D eigenvalue weighted by molar-refractivity contribution is 5.32. The first-order valence-electron chi connectivity index (χ1n) is 21.5. The molecule has 0 radical (unpaired) electrons. The van der Waals surface area contributed by atoms with Crippen LogP contribution in [0, 0.1) is 45.3 Å². The van der Waals surface area contributed by atoms with E-state index in [4.69, 9.17) is 18.9 Å². The molecule has 4 aliphatic carbocycles. The quantitative estimate of drug-likeness (QED) is 0.126. The Kier molecular flexibility index (Phi) is 13.2. The Bertz CT molecular complexity index is 1420. The molecule has 14 nitrogen and oxygen atoms in total. The van der Waals surface area contributed by atoms with Gasteiger partial charge in [-0.25, -0.2) is 0 Å². The highest BCUT2D eigenvalue weighted by Crippen LogP contribution is 2.75. The van der Waals surface area contributed by atoms with Crippen molar-refractivity contribution in [2.75, 3.05) is 13.2 Å². The molecule has 0 aromatic heterocycles. The molecule has 330 valence electrons. The summed E-state index contributed by atoms with van der Waals surface area (Å²) in [5.74, 6) is 0.813. The van der Waals surface area contributed by atoms with Crippen LogP contribution >= 0.6 is 0 Å². The standard InChI is InChI=1S/C43H74O14/c1-21(9-13-30(40(4,5)53)57-38-36(52)34(50)32(48)26(20-45)55-38)22-15-17-41(6)27-12-10-23-24(43(27,8)28(46)19-42(22,41)7)11-14-29(39(23,2)3)56-37-35(51)33(49)31(47)25(54-37)16-18-44/h10,21-22,24-38,44-53H,9,11-20H2,1-8H3/t21-,22?,24?,25-,26-,27?,28-,29+,30-,31-,32-,33+,34+,35-,36-,37+,38+,41+,42-,43+/m1/s1. The van der Waals surface area contributed by atoms with E-state index >= 15 is 0 Å². The van der Waals surface area contributed by atoms with Crippen LogP contribution in [0.4, 0.5) is 0 Å². The number of ether oxygens (including phenoxy) is 4. The number of rotatable bonds is 12. The zero-order valence-corrected chi connectivity index (χ0v) is 35.3. The van der Waals surface area contributed by atoms with Gasteiger partial charge in [0.2, 0.25) is 0 Å². The summed E-state index contributed by atoms with van der Waals surface area (Å²) in [4.78, 5) is 0. The summed E-state index contributed by atoms with van der Waals surface area (Å²) < 4.78 is 24.1. The molecule has 10 N–H and O–H groups in total. The van der Waals surface area contributed by atoms with E-state index in [0.29, 0.717) is 25.7 Å². The summed E-state index contributed by atoms with van der Waals surface area (Å²) in [5, 5.41) is 106. The third-order valence-electron chi connectivity index (χ3n) is 16.8. The van der Waals surface area contributed by atoms with Gasteiger partial charge in [0, 0.05) is 17.4 Å². The van der Waals surface area contributed by atoms with Crippen LogP contribution < -0.4 is 0 Å². The van der Waals surface area contributed by atoms with Crippen molar-refractivity contribution in [1.29, 1.82) is 0 Å². The summed E-state index contributed by atoms with van der Waals surface area (Å²) in [6.07, 6.45) is -6.58. The van der Waals surface area contributed by atoms with Gasteiger partial charge in [0.1, 0.15) is 42.7 Å². The van der Waals surface area contributed by atoms with E-state index in [9.17, 15) is 51.1 Å². The normalized spacial score (nSPS) is 49.6. The molecule has 57 heavy (non-hydrogen) atoms. The van der Waals surface area contributed by atoms with E-state index in [1.54, 1.807) is 13.8 Å². The van der Waals surface area contributed by atoms with E-state index in [2.05, 4.69) is 47.6 Å². The average molecular weight is 815 g/mol. The monoisotopic (exact) mass is 815 g/mol. The van der Waals surface area contributed by atoms with Gasteiger partial charge in [-0.05, 0) is 106 Å². The molecule has 3 unspecified atom stereocenters. The van der Waals surface area contributed by atoms with Crippen LogP contribution in [0.1, 0.15) is 113 Å². The number of allylic oxidation sites excluding steroid dienone is 1. The molecule has 0 spiro atoms. The number of aliphatic hydroxyl groups excluding tert-OH is 9. The van der Waals surface area contributed by atoms with Crippen molar-refractivity contribution in [2.45, 2.75) is 199 Å². The Morgan fingerprint density at radius 2 is 1.40 bits per heavy atom. The molecule has 6 rings (SSSR count). The largest absolute Gasteiger partial charge is 0.396 e. The summed E-state index contributed by atoms with van der Waals surface area (Å²) in [6.45, 7) is 16.0. The first-order chi connectivity index (χ1) is 26.5. The first-order valence-corrected chi connectivity index (χ1v) is 21.5. The third-order valence-corrected chi connectivity index (χ3v) is 16.8. The predicted molar refractivity (Wildman–Crippen MR) is 207 cm³/mol. The van der Waals surface area contributed by atoms with Crippen LogP contribution in [0.15, 0.2) is 11.6 Å². The van der Waals surface area contributed by atoms with Crippen molar-refractivity contribution in [2.24, 2.45) is 45.3 Å². The van der Waals surface area contributed by atoms with Gasteiger partial charge in [0.05, 0.1) is 36.6 Å². The Morgan fingerprint density at radius 1 is 0.789 bits per heavy atom. The predicted octanol–water partition coefficient (Wildman–Crippen LogP) is 1.51. The van der Waals surface area contributed by atoms with Crippen LogP contribution in [-0.4, -0.2) is 150 Å². The molecule has 2 heterocycles. The van der Waals surface area contributed by atoms with Gasteiger partial charge in [-0.3, -0.25) is 0 Å². The fourth-order valence-corrected chi connectivity index (χ4v) is 13.0. The van der Waals surface area contributed by atoms with E-state index in [1.165, 1.54) is 5.57 Å². The smallest absolute Gasteiger partial charge is 0.187 e. The second kappa shape index (κ2) is 16.5. The van der Waals surface area contributed by atoms with Gasteiger partial charge in [0.15, 0.2) is 12.6 Å². The van der Waals surface area contributed by atoms with Crippen molar-refractivity contribution in [1.82, 2.24) is 0 Å². The van der Waals surface area contributed by atoms with Crippen LogP contribution in [0.25, 0.3) is 0 Å². The molecule has 14 heteroatoms. The lowest BCUT2D eigenvalue weighted by Gasteiger charge is -2.67. The molecule has 0 aromatic carbocycles. The molecular formula is C43H74O14. The van der Waals surface area contributed by atoms with Crippen LogP contribution in [0.2, 0.25) is 0 Å². The Labute approximate surface area is 338 Å². The number of aliphatic hydroxyl groups is 10. The van der Waals surface area contributed by atoms with Gasteiger partial charge < -0.3 is 70.0 Å². The van der Waals surface area contributed by atoms with Gasteiger partial charge >= 0.3 is 0 Å². The van der Waals surface area contributed by atoms with Gasteiger partial charge in [-0.1, -0.05) is 53.2 Å². The van der Waals surface area contributed by atoms with Crippen molar-refractivity contribution >= 4 is 0 Å². The lowest BCUT2D eigenvalue weighted by Crippen LogP contribution is -2.65. The Morgan fingerprint density at radius 3 is 2.02 bits per heavy atom. The molecule has 0 aromatic rings. The number of hydrogen-bond acceptors (Lipinski definition) is 14. The zero-order chi connectivity index (χ0) is 42.2. The minimum atomic E-state index is -1.58. The van der Waals surface area contributed by atoms with Gasteiger partial charge in [0.25, 0.3) is 0 Å². The topological polar surface area (TPSA) is 239 Å². The molecule has 2 saturated heterocycles. The molecule has 6 aliphatic rings. The highest BCUT2D eigenvalue weighted by Gasteiger charge is 2.70. The Balaban J connectivity index is 1.17. The summed E-state index contributed by atoms with van der Waals surface area (Å²) in [7, 11) is 0. The van der Waals surface area contributed by atoms with E-state index in [1.807, 2.05) is 0 Å². The zero-order valence-electron chi connectivity index (χ0n) is 35.3. The lowest BCUT2D eigenvalue weighted by atomic mass is 9.38. The number of fused-ring (bicyclic) bond motifs is 5.